The molecule has 0 spiro atoms. The lowest BCUT2D eigenvalue weighted by atomic mass is 10.1. The topological polar surface area (TPSA) is 96.0 Å². The number of carbonyl (C=O) groups excluding carboxylic acids is 2. The molecule has 0 heterocycles. The Labute approximate surface area is 229 Å². The molecule has 3 rings (SSSR count). The number of halogens is 1. The SMILES string of the molecule is COc1ccccc1N(CC(=O)N(Cc1ccc(Cl)cc1)C(C)C(=O)NC(C)C)S(=O)(=O)c1ccccc1. The Morgan fingerprint density at radius 1 is 0.921 bits per heavy atom. The minimum atomic E-state index is -4.17. The zero-order valence-electron chi connectivity index (χ0n) is 21.8. The Morgan fingerprint density at radius 3 is 2.13 bits per heavy atom. The Kier molecular flexibility index (Phi) is 9.77. The van der Waals surface area contributed by atoms with E-state index in [-0.39, 0.29) is 34.8 Å². The molecule has 3 aromatic rings. The van der Waals surface area contributed by atoms with Crippen molar-refractivity contribution in [2.75, 3.05) is 18.0 Å². The summed E-state index contributed by atoms with van der Waals surface area (Å²) in [5, 5.41) is 3.36. The van der Waals surface area contributed by atoms with Crippen molar-refractivity contribution in [3.05, 3.63) is 89.4 Å². The summed E-state index contributed by atoms with van der Waals surface area (Å²) in [6.45, 7) is 4.79. The maximum atomic E-state index is 13.9. The molecule has 2 amide bonds. The number of nitrogens with zero attached hydrogens (tertiary/aromatic N) is 2. The average molecular weight is 558 g/mol. The first-order valence-corrected chi connectivity index (χ1v) is 13.9. The summed E-state index contributed by atoms with van der Waals surface area (Å²) in [5.74, 6) is -0.622. The predicted octanol–water partition coefficient (Wildman–Crippen LogP) is 4.49. The Morgan fingerprint density at radius 2 is 1.53 bits per heavy atom. The average Bonchev–Trinajstić information content (AvgIpc) is 2.90. The van der Waals surface area contributed by atoms with Gasteiger partial charge in [-0.25, -0.2) is 8.42 Å². The van der Waals surface area contributed by atoms with Crippen LogP contribution in [0.4, 0.5) is 5.69 Å². The van der Waals surface area contributed by atoms with E-state index in [2.05, 4.69) is 5.32 Å². The molecule has 0 saturated carbocycles. The molecule has 0 fully saturated rings. The quantitative estimate of drug-likeness (QED) is 0.375. The van der Waals surface area contributed by atoms with Gasteiger partial charge in [0.2, 0.25) is 11.8 Å². The number of hydrogen-bond acceptors (Lipinski definition) is 5. The highest BCUT2D eigenvalue weighted by molar-refractivity contribution is 7.92. The lowest BCUT2D eigenvalue weighted by Crippen LogP contribution is -2.52. The third-order valence-corrected chi connectivity index (χ3v) is 7.85. The van der Waals surface area contributed by atoms with Crippen LogP contribution in [-0.2, 0) is 26.2 Å². The molecule has 10 heteroatoms. The monoisotopic (exact) mass is 557 g/mol. The summed E-state index contributed by atoms with van der Waals surface area (Å²) in [7, 11) is -2.74. The van der Waals surface area contributed by atoms with Gasteiger partial charge in [-0.15, -0.1) is 0 Å². The number of carbonyl (C=O) groups is 2. The summed E-state index contributed by atoms with van der Waals surface area (Å²) in [6.07, 6.45) is 0. The highest BCUT2D eigenvalue weighted by Gasteiger charge is 2.33. The molecule has 0 saturated heterocycles. The Balaban J connectivity index is 2.05. The molecule has 1 unspecified atom stereocenters. The minimum absolute atomic E-state index is 0.0218. The third-order valence-electron chi connectivity index (χ3n) is 5.83. The van der Waals surface area contributed by atoms with Gasteiger partial charge in [0.15, 0.2) is 0 Å². The maximum absolute atomic E-state index is 13.9. The van der Waals surface area contributed by atoms with E-state index in [1.54, 1.807) is 73.7 Å². The van der Waals surface area contributed by atoms with Crippen molar-refractivity contribution in [3.8, 4) is 5.75 Å². The zero-order chi connectivity index (χ0) is 27.9. The van der Waals surface area contributed by atoms with Gasteiger partial charge in [0.25, 0.3) is 10.0 Å². The second kappa shape index (κ2) is 12.8. The van der Waals surface area contributed by atoms with E-state index in [9.17, 15) is 18.0 Å². The van der Waals surface area contributed by atoms with Crippen LogP contribution in [0.1, 0.15) is 26.3 Å². The van der Waals surface area contributed by atoms with Crippen molar-refractivity contribution in [2.45, 2.75) is 44.3 Å². The Bertz CT molecular complexity index is 1350. The first-order valence-electron chi connectivity index (χ1n) is 12.1. The number of methoxy groups -OCH3 is 1. The number of ether oxygens (including phenoxy) is 1. The van der Waals surface area contributed by atoms with Crippen LogP contribution in [0.2, 0.25) is 5.02 Å². The van der Waals surface area contributed by atoms with Crippen LogP contribution in [0, 0.1) is 0 Å². The van der Waals surface area contributed by atoms with Crippen LogP contribution in [-0.4, -0.2) is 50.9 Å². The molecule has 202 valence electrons. The summed E-state index contributed by atoms with van der Waals surface area (Å²) in [6, 6.07) is 20.3. The van der Waals surface area contributed by atoms with Crippen LogP contribution in [0.15, 0.2) is 83.8 Å². The summed E-state index contributed by atoms with van der Waals surface area (Å²) in [5.41, 5.74) is 0.944. The summed E-state index contributed by atoms with van der Waals surface area (Å²) < 4.78 is 34.1. The van der Waals surface area contributed by atoms with Gasteiger partial charge in [-0.05, 0) is 62.7 Å². The van der Waals surface area contributed by atoms with E-state index in [1.807, 2.05) is 13.8 Å². The number of benzene rings is 3. The van der Waals surface area contributed by atoms with E-state index in [0.29, 0.717) is 5.02 Å². The van der Waals surface area contributed by atoms with Crippen LogP contribution < -0.4 is 14.4 Å². The van der Waals surface area contributed by atoms with Crippen molar-refractivity contribution in [3.63, 3.8) is 0 Å². The molecular weight excluding hydrogens is 526 g/mol. The van der Waals surface area contributed by atoms with Crippen molar-refractivity contribution in [2.24, 2.45) is 0 Å². The molecule has 1 atom stereocenters. The van der Waals surface area contributed by atoms with Crippen molar-refractivity contribution in [1.29, 1.82) is 0 Å². The fourth-order valence-corrected chi connectivity index (χ4v) is 5.41. The van der Waals surface area contributed by atoms with E-state index >= 15 is 0 Å². The first kappa shape index (κ1) is 29.0. The normalized spacial score (nSPS) is 12.1. The number of amides is 2. The molecule has 3 aromatic carbocycles. The molecule has 0 aliphatic rings. The summed E-state index contributed by atoms with van der Waals surface area (Å²) in [4.78, 5) is 28.2. The van der Waals surface area contributed by atoms with E-state index < -0.39 is 28.5 Å². The van der Waals surface area contributed by atoms with Gasteiger partial charge in [0.05, 0.1) is 17.7 Å². The molecule has 0 aliphatic carbocycles. The van der Waals surface area contributed by atoms with E-state index in [1.165, 1.54) is 24.1 Å². The lowest BCUT2D eigenvalue weighted by Gasteiger charge is -2.32. The maximum Gasteiger partial charge on any atom is 0.264 e. The molecule has 38 heavy (non-hydrogen) atoms. The van der Waals surface area contributed by atoms with Crippen molar-refractivity contribution in [1.82, 2.24) is 10.2 Å². The second-order valence-electron chi connectivity index (χ2n) is 8.98. The highest BCUT2D eigenvalue weighted by atomic mass is 35.5. The number of hydrogen-bond donors (Lipinski definition) is 1. The molecular formula is C28H32ClN3O5S. The molecule has 0 bridgehead atoms. The van der Waals surface area contributed by atoms with Crippen LogP contribution in [0.3, 0.4) is 0 Å². The molecule has 0 aliphatic heterocycles. The minimum Gasteiger partial charge on any atom is -0.495 e. The van der Waals surface area contributed by atoms with E-state index in [0.717, 1.165) is 9.87 Å². The molecule has 8 nitrogen and oxygen atoms in total. The third kappa shape index (κ3) is 7.05. The van der Waals surface area contributed by atoms with Crippen LogP contribution in [0.25, 0.3) is 0 Å². The predicted molar refractivity (Wildman–Crippen MR) is 149 cm³/mol. The number of rotatable bonds is 11. The van der Waals surface area contributed by atoms with Gasteiger partial charge in [0.1, 0.15) is 18.3 Å². The smallest absolute Gasteiger partial charge is 0.264 e. The fraction of sp³-hybridized carbons (Fsp3) is 0.286. The van der Waals surface area contributed by atoms with Crippen LogP contribution in [0.5, 0.6) is 5.75 Å². The van der Waals surface area contributed by atoms with Crippen molar-refractivity contribution >= 4 is 39.1 Å². The standard InChI is InChI=1S/C28H32ClN3O5S/c1-20(2)30-28(34)21(3)31(18-22-14-16-23(29)17-15-22)27(33)19-32(25-12-8-9-13-26(25)37-4)38(35,36)24-10-6-5-7-11-24/h5-17,20-21H,18-19H2,1-4H3,(H,30,34). The molecule has 0 radical (unpaired) electrons. The van der Waals surface area contributed by atoms with Gasteiger partial charge >= 0.3 is 0 Å². The Hall–Kier alpha value is -3.56. The zero-order valence-corrected chi connectivity index (χ0v) is 23.4. The number of anilines is 1. The number of sulfonamides is 1. The molecule has 1 N–H and O–H groups in total. The molecule has 0 aromatic heterocycles. The largest absolute Gasteiger partial charge is 0.495 e. The number of para-hydroxylation sites is 2. The van der Waals surface area contributed by atoms with Crippen LogP contribution >= 0.6 is 11.6 Å². The highest BCUT2D eigenvalue weighted by Crippen LogP contribution is 2.32. The van der Waals surface area contributed by atoms with Gasteiger partial charge in [-0.2, -0.15) is 0 Å². The summed E-state index contributed by atoms with van der Waals surface area (Å²) >= 11 is 6.02. The first-order chi connectivity index (χ1) is 18.0. The lowest BCUT2D eigenvalue weighted by molar-refractivity contribution is -0.139. The second-order valence-corrected chi connectivity index (χ2v) is 11.3. The van der Waals surface area contributed by atoms with Gasteiger partial charge < -0.3 is 15.0 Å². The van der Waals surface area contributed by atoms with Crippen molar-refractivity contribution < 1.29 is 22.7 Å². The van der Waals surface area contributed by atoms with Gasteiger partial charge in [-0.1, -0.05) is 54.1 Å². The fourth-order valence-electron chi connectivity index (χ4n) is 3.84. The van der Waals surface area contributed by atoms with Gasteiger partial charge in [0, 0.05) is 17.6 Å². The van der Waals surface area contributed by atoms with Gasteiger partial charge in [-0.3, -0.25) is 13.9 Å². The number of nitrogens with one attached hydrogen (secondary N) is 1. The van der Waals surface area contributed by atoms with E-state index in [4.69, 9.17) is 16.3 Å².